The number of carbonyl (C=O) groups excluding carboxylic acids is 2. The number of thiazole rings is 1. The third-order valence-electron chi connectivity index (χ3n) is 3.50. The molecular formula is C18H14N2O2S. The number of nitrogens with one attached hydrogen (secondary N) is 1. The zero-order valence-corrected chi connectivity index (χ0v) is 13.3. The Morgan fingerprint density at radius 1 is 1.13 bits per heavy atom. The van der Waals surface area contributed by atoms with Gasteiger partial charge in [-0.15, -0.1) is 11.3 Å². The number of hydrogen-bond donors (Lipinski definition) is 1. The second-order valence-corrected chi connectivity index (χ2v) is 6.05. The zero-order chi connectivity index (χ0) is 16.2. The molecule has 4 nitrogen and oxygen atoms in total. The minimum absolute atomic E-state index is 0.275. The van der Waals surface area contributed by atoms with Crippen molar-refractivity contribution in [3.8, 4) is 11.1 Å². The highest BCUT2D eigenvalue weighted by Crippen LogP contribution is 2.28. The van der Waals surface area contributed by atoms with Gasteiger partial charge in [0.25, 0.3) is 5.91 Å². The van der Waals surface area contributed by atoms with Gasteiger partial charge in [0, 0.05) is 11.9 Å². The Balaban J connectivity index is 1.89. The van der Waals surface area contributed by atoms with Crippen LogP contribution in [0.3, 0.4) is 0 Å². The molecule has 114 valence electrons. The van der Waals surface area contributed by atoms with Gasteiger partial charge in [0.1, 0.15) is 0 Å². The number of anilines is 1. The molecule has 1 N–H and O–H groups in total. The molecule has 3 rings (SSSR count). The van der Waals surface area contributed by atoms with E-state index in [0.29, 0.717) is 11.2 Å². The van der Waals surface area contributed by atoms with Gasteiger partial charge >= 0.3 is 0 Å². The molecule has 3 aromatic rings. The number of aldehydes is 1. The summed E-state index contributed by atoms with van der Waals surface area (Å²) in [4.78, 5) is 27.4. The number of benzene rings is 2. The van der Waals surface area contributed by atoms with Gasteiger partial charge in [-0.05, 0) is 29.7 Å². The van der Waals surface area contributed by atoms with Crippen LogP contribution in [0.1, 0.15) is 25.0 Å². The average Bonchev–Trinajstić information content (AvgIpc) is 3.07. The summed E-state index contributed by atoms with van der Waals surface area (Å²) in [6, 6.07) is 15.8. The summed E-state index contributed by atoms with van der Waals surface area (Å²) >= 11 is 1.08. The smallest absolute Gasteiger partial charge is 0.284 e. The maximum atomic E-state index is 12.3. The number of nitrogens with zero attached hydrogens (tertiary/aromatic N) is 1. The van der Waals surface area contributed by atoms with Crippen molar-refractivity contribution >= 4 is 29.2 Å². The highest BCUT2D eigenvalue weighted by molar-refractivity contribution is 7.15. The van der Waals surface area contributed by atoms with Gasteiger partial charge in [0.2, 0.25) is 0 Å². The van der Waals surface area contributed by atoms with Crippen molar-refractivity contribution in [3.05, 3.63) is 70.2 Å². The molecule has 0 bridgehead atoms. The normalized spacial score (nSPS) is 10.3. The molecule has 2 aromatic carbocycles. The Morgan fingerprint density at radius 3 is 2.61 bits per heavy atom. The quantitative estimate of drug-likeness (QED) is 0.733. The van der Waals surface area contributed by atoms with Crippen LogP contribution in [0.2, 0.25) is 0 Å². The van der Waals surface area contributed by atoms with E-state index in [2.05, 4.69) is 10.3 Å². The van der Waals surface area contributed by atoms with E-state index in [1.54, 1.807) is 0 Å². The van der Waals surface area contributed by atoms with Crippen LogP contribution < -0.4 is 5.32 Å². The summed E-state index contributed by atoms with van der Waals surface area (Å²) in [6.45, 7) is 1.97. The standard InChI is InChI=1S/C18H14N2O2S/c1-12-15(13-6-3-2-4-7-13)8-5-9-16(12)20-17(22)18-19-10-14(11-21)23-18/h2-11H,1H3,(H,20,22). The van der Waals surface area contributed by atoms with Crippen molar-refractivity contribution < 1.29 is 9.59 Å². The summed E-state index contributed by atoms with van der Waals surface area (Å²) in [5, 5.41) is 3.14. The van der Waals surface area contributed by atoms with Gasteiger partial charge in [-0.1, -0.05) is 42.5 Å². The van der Waals surface area contributed by atoms with E-state index in [-0.39, 0.29) is 10.9 Å². The Labute approximate surface area is 137 Å². The van der Waals surface area contributed by atoms with Gasteiger partial charge in [-0.25, -0.2) is 4.98 Å². The fourth-order valence-electron chi connectivity index (χ4n) is 2.32. The number of rotatable bonds is 4. The predicted octanol–water partition coefficient (Wildman–Crippen LogP) is 4.18. The molecular weight excluding hydrogens is 308 g/mol. The molecule has 1 amide bonds. The summed E-state index contributed by atoms with van der Waals surface area (Å²) < 4.78 is 0. The van der Waals surface area contributed by atoms with E-state index in [4.69, 9.17) is 0 Å². The molecule has 1 heterocycles. The molecule has 0 aliphatic heterocycles. The van der Waals surface area contributed by atoms with E-state index in [0.717, 1.165) is 33.7 Å². The van der Waals surface area contributed by atoms with Gasteiger partial charge in [-0.3, -0.25) is 9.59 Å². The van der Waals surface area contributed by atoms with Crippen molar-refractivity contribution in [1.82, 2.24) is 4.98 Å². The van der Waals surface area contributed by atoms with E-state index < -0.39 is 0 Å². The third kappa shape index (κ3) is 3.19. The number of hydrogen-bond acceptors (Lipinski definition) is 4. The molecule has 0 fully saturated rings. The zero-order valence-electron chi connectivity index (χ0n) is 12.4. The molecule has 0 spiro atoms. The Morgan fingerprint density at radius 2 is 1.91 bits per heavy atom. The molecule has 0 aliphatic carbocycles. The SMILES string of the molecule is Cc1c(NC(=O)c2ncc(C=O)s2)cccc1-c1ccccc1. The first kappa shape index (κ1) is 15.1. The van der Waals surface area contributed by atoms with Gasteiger partial charge < -0.3 is 5.32 Å². The Bertz CT molecular complexity index is 856. The summed E-state index contributed by atoms with van der Waals surface area (Å²) in [5.41, 5.74) is 3.88. The molecule has 0 saturated heterocycles. The number of aromatic nitrogens is 1. The fourth-order valence-corrected chi connectivity index (χ4v) is 2.95. The van der Waals surface area contributed by atoms with Crippen molar-refractivity contribution in [2.75, 3.05) is 5.32 Å². The van der Waals surface area contributed by atoms with Crippen LogP contribution in [0.4, 0.5) is 5.69 Å². The van der Waals surface area contributed by atoms with Crippen LogP contribution >= 0.6 is 11.3 Å². The highest BCUT2D eigenvalue weighted by Gasteiger charge is 2.13. The highest BCUT2D eigenvalue weighted by atomic mass is 32.1. The summed E-state index contributed by atoms with van der Waals surface area (Å²) in [5.74, 6) is -0.309. The molecule has 0 radical (unpaired) electrons. The van der Waals surface area contributed by atoms with Crippen molar-refractivity contribution in [3.63, 3.8) is 0 Å². The van der Waals surface area contributed by atoms with Crippen LogP contribution in [0.15, 0.2) is 54.7 Å². The first-order valence-corrected chi connectivity index (χ1v) is 7.88. The Kier molecular flexibility index (Phi) is 4.30. The molecule has 1 aromatic heterocycles. The monoisotopic (exact) mass is 322 g/mol. The lowest BCUT2D eigenvalue weighted by atomic mass is 9.99. The summed E-state index contributed by atoms with van der Waals surface area (Å²) in [6.07, 6.45) is 2.09. The third-order valence-corrected chi connectivity index (χ3v) is 4.42. The molecule has 23 heavy (non-hydrogen) atoms. The minimum Gasteiger partial charge on any atom is -0.320 e. The van der Waals surface area contributed by atoms with Gasteiger partial charge in [0.15, 0.2) is 11.3 Å². The summed E-state index contributed by atoms with van der Waals surface area (Å²) in [7, 11) is 0. The fraction of sp³-hybridized carbons (Fsp3) is 0.0556. The second kappa shape index (κ2) is 6.54. The van der Waals surface area contributed by atoms with Crippen LogP contribution in [-0.4, -0.2) is 17.2 Å². The van der Waals surface area contributed by atoms with Crippen molar-refractivity contribution in [1.29, 1.82) is 0 Å². The van der Waals surface area contributed by atoms with Crippen LogP contribution in [0.5, 0.6) is 0 Å². The van der Waals surface area contributed by atoms with E-state index in [1.165, 1.54) is 6.20 Å². The number of amides is 1. The Hall–Kier alpha value is -2.79. The predicted molar refractivity (Wildman–Crippen MR) is 92.1 cm³/mol. The van der Waals surface area contributed by atoms with Gasteiger partial charge in [0.05, 0.1) is 4.88 Å². The molecule has 5 heteroatoms. The molecule has 0 saturated carbocycles. The number of carbonyl (C=O) groups is 2. The van der Waals surface area contributed by atoms with Crippen molar-refractivity contribution in [2.24, 2.45) is 0 Å². The van der Waals surface area contributed by atoms with E-state index >= 15 is 0 Å². The minimum atomic E-state index is -0.309. The van der Waals surface area contributed by atoms with E-state index in [1.807, 2.05) is 55.5 Å². The lowest BCUT2D eigenvalue weighted by Crippen LogP contribution is -2.12. The van der Waals surface area contributed by atoms with E-state index in [9.17, 15) is 9.59 Å². The molecule has 0 aliphatic rings. The van der Waals surface area contributed by atoms with Crippen molar-refractivity contribution in [2.45, 2.75) is 6.92 Å². The maximum Gasteiger partial charge on any atom is 0.284 e. The first-order chi connectivity index (χ1) is 11.2. The first-order valence-electron chi connectivity index (χ1n) is 7.06. The largest absolute Gasteiger partial charge is 0.320 e. The molecule has 0 atom stereocenters. The second-order valence-electron chi connectivity index (χ2n) is 4.98. The lowest BCUT2D eigenvalue weighted by Gasteiger charge is -2.12. The van der Waals surface area contributed by atoms with Crippen LogP contribution in [0, 0.1) is 6.92 Å². The maximum absolute atomic E-state index is 12.3. The van der Waals surface area contributed by atoms with Crippen LogP contribution in [0.25, 0.3) is 11.1 Å². The van der Waals surface area contributed by atoms with Gasteiger partial charge in [-0.2, -0.15) is 0 Å². The average molecular weight is 322 g/mol. The topological polar surface area (TPSA) is 59.1 Å². The van der Waals surface area contributed by atoms with Crippen LogP contribution in [-0.2, 0) is 0 Å². The molecule has 0 unspecified atom stereocenters. The lowest BCUT2D eigenvalue weighted by molar-refractivity contribution is 0.102.